The van der Waals surface area contributed by atoms with Crippen LogP contribution >= 0.6 is 0 Å². The Bertz CT molecular complexity index is 774. The van der Waals surface area contributed by atoms with Gasteiger partial charge in [-0.3, -0.25) is 9.59 Å². The van der Waals surface area contributed by atoms with Crippen LogP contribution in [-0.4, -0.2) is 28.9 Å². The van der Waals surface area contributed by atoms with Crippen LogP contribution in [0, 0.1) is 5.82 Å². The fourth-order valence-electron chi connectivity index (χ4n) is 2.11. The second-order valence-electron chi connectivity index (χ2n) is 5.14. The third-order valence-corrected chi connectivity index (χ3v) is 3.38. The normalized spacial score (nSPS) is 11.5. The van der Waals surface area contributed by atoms with Crippen LogP contribution in [0.2, 0.25) is 0 Å². The molecule has 0 fully saturated rings. The lowest BCUT2D eigenvalue weighted by Crippen LogP contribution is -2.45. The summed E-state index contributed by atoms with van der Waals surface area (Å²) in [6, 6.07) is 9.90. The van der Waals surface area contributed by atoms with Gasteiger partial charge in [-0.15, -0.1) is 0 Å². The standard InChI is InChI=1S/C17H15FN2O4/c18-13-3-1-2-12(9-13)16(22)20-14(15(19)21)8-10-4-6-11(7-5-10)17(23)24/h1-7,9,14H,8H2,(H2,19,21)(H,20,22)(H,23,24)/t14-/m1/s1. The average Bonchev–Trinajstić information content (AvgIpc) is 2.54. The molecule has 6 nitrogen and oxygen atoms in total. The number of rotatable bonds is 6. The zero-order valence-electron chi connectivity index (χ0n) is 12.5. The summed E-state index contributed by atoms with van der Waals surface area (Å²) in [6.45, 7) is 0. The summed E-state index contributed by atoms with van der Waals surface area (Å²) in [6.07, 6.45) is 0.0935. The maximum Gasteiger partial charge on any atom is 0.335 e. The molecule has 4 N–H and O–H groups in total. The van der Waals surface area contributed by atoms with Gasteiger partial charge in [0.25, 0.3) is 5.91 Å². The molecule has 0 unspecified atom stereocenters. The number of aromatic carboxylic acids is 1. The monoisotopic (exact) mass is 330 g/mol. The summed E-state index contributed by atoms with van der Waals surface area (Å²) in [5.41, 5.74) is 6.11. The third kappa shape index (κ3) is 4.39. The number of nitrogens with one attached hydrogen (secondary N) is 1. The molecule has 0 radical (unpaired) electrons. The van der Waals surface area contributed by atoms with Crippen LogP contribution in [0.1, 0.15) is 26.3 Å². The minimum atomic E-state index is -1.06. The van der Waals surface area contributed by atoms with E-state index in [1.54, 1.807) is 0 Å². The van der Waals surface area contributed by atoms with Crippen molar-refractivity contribution in [2.75, 3.05) is 0 Å². The molecule has 2 aromatic carbocycles. The summed E-state index contributed by atoms with van der Waals surface area (Å²) in [5, 5.41) is 11.3. The van der Waals surface area contributed by atoms with E-state index in [0.717, 1.165) is 6.07 Å². The topological polar surface area (TPSA) is 109 Å². The van der Waals surface area contributed by atoms with Gasteiger partial charge in [-0.05, 0) is 35.9 Å². The van der Waals surface area contributed by atoms with Gasteiger partial charge >= 0.3 is 5.97 Å². The lowest BCUT2D eigenvalue weighted by atomic mass is 10.0. The van der Waals surface area contributed by atoms with E-state index in [1.165, 1.54) is 42.5 Å². The largest absolute Gasteiger partial charge is 0.478 e. The van der Waals surface area contributed by atoms with Crippen molar-refractivity contribution in [3.8, 4) is 0 Å². The van der Waals surface area contributed by atoms with Crippen molar-refractivity contribution in [3.05, 3.63) is 71.0 Å². The Morgan fingerprint density at radius 2 is 1.75 bits per heavy atom. The van der Waals surface area contributed by atoms with Crippen molar-refractivity contribution >= 4 is 17.8 Å². The van der Waals surface area contributed by atoms with Crippen molar-refractivity contribution < 1.29 is 23.9 Å². The fourth-order valence-corrected chi connectivity index (χ4v) is 2.11. The van der Waals surface area contributed by atoms with E-state index < -0.39 is 29.6 Å². The number of carbonyl (C=O) groups is 3. The zero-order chi connectivity index (χ0) is 17.7. The van der Waals surface area contributed by atoms with E-state index in [9.17, 15) is 18.8 Å². The van der Waals surface area contributed by atoms with Gasteiger partial charge in [-0.25, -0.2) is 9.18 Å². The predicted octanol–water partition coefficient (Wildman–Crippen LogP) is 1.35. The van der Waals surface area contributed by atoms with Crippen LogP contribution < -0.4 is 11.1 Å². The highest BCUT2D eigenvalue weighted by Crippen LogP contribution is 2.09. The highest BCUT2D eigenvalue weighted by molar-refractivity contribution is 5.97. The smallest absolute Gasteiger partial charge is 0.335 e. The molecule has 0 spiro atoms. The molecular weight excluding hydrogens is 315 g/mol. The van der Waals surface area contributed by atoms with Crippen molar-refractivity contribution in [3.63, 3.8) is 0 Å². The second kappa shape index (κ2) is 7.36. The van der Waals surface area contributed by atoms with Gasteiger partial charge in [-0.2, -0.15) is 0 Å². The fraction of sp³-hybridized carbons (Fsp3) is 0.118. The Kier molecular flexibility index (Phi) is 5.26. The molecule has 0 saturated carbocycles. The van der Waals surface area contributed by atoms with Crippen molar-refractivity contribution in [1.29, 1.82) is 0 Å². The van der Waals surface area contributed by atoms with Gasteiger partial charge in [0, 0.05) is 12.0 Å². The van der Waals surface area contributed by atoms with Crippen LogP contribution in [-0.2, 0) is 11.2 Å². The molecule has 0 saturated heterocycles. The first-order valence-electron chi connectivity index (χ1n) is 7.05. The number of primary amides is 1. The maximum absolute atomic E-state index is 13.2. The minimum absolute atomic E-state index is 0.0717. The predicted molar refractivity (Wildman–Crippen MR) is 84.0 cm³/mol. The Hall–Kier alpha value is -3.22. The molecule has 0 aliphatic rings. The Morgan fingerprint density at radius 3 is 2.29 bits per heavy atom. The first kappa shape index (κ1) is 17.1. The summed E-state index contributed by atoms with van der Waals surface area (Å²) in [5.74, 6) is -3.00. The second-order valence-corrected chi connectivity index (χ2v) is 5.14. The first-order valence-corrected chi connectivity index (χ1v) is 7.05. The van der Waals surface area contributed by atoms with Gasteiger partial charge in [0.15, 0.2) is 0 Å². The molecule has 7 heteroatoms. The Balaban J connectivity index is 2.10. The Morgan fingerprint density at radius 1 is 1.08 bits per heavy atom. The van der Waals surface area contributed by atoms with Crippen LogP contribution in [0.5, 0.6) is 0 Å². The van der Waals surface area contributed by atoms with Crippen LogP contribution in [0.4, 0.5) is 4.39 Å². The van der Waals surface area contributed by atoms with Crippen LogP contribution in [0.3, 0.4) is 0 Å². The molecule has 2 rings (SSSR count). The van der Waals surface area contributed by atoms with E-state index >= 15 is 0 Å². The summed E-state index contributed by atoms with van der Waals surface area (Å²) in [4.78, 5) is 34.4. The Labute approximate surface area is 137 Å². The molecule has 0 heterocycles. The molecule has 0 aliphatic heterocycles. The average molecular weight is 330 g/mol. The number of amides is 2. The van der Waals surface area contributed by atoms with Crippen LogP contribution in [0.25, 0.3) is 0 Å². The van der Waals surface area contributed by atoms with Gasteiger partial charge in [-0.1, -0.05) is 18.2 Å². The molecule has 0 aliphatic carbocycles. The van der Waals surface area contributed by atoms with Crippen molar-refractivity contribution in [2.24, 2.45) is 5.73 Å². The number of carbonyl (C=O) groups excluding carboxylic acids is 2. The quantitative estimate of drug-likeness (QED) is 0.742. The number of nitrogens with two attached hydrogens (primary N) is 1. The number of halogens is 1. The molecule has 0 bridgehead atoms. The molecule has 124 valence electrons. The molecule has 2 amide bonds. The van der Waals surface area contributed by atoms with E-state index in [-0.39, 0.29) is 17.5 Å². The van der Waals surface area contributed by atoms with E-state index in [1.807, 2.05) is 0 Å². The summed E-state index contributed by atoms with van der Waals surface area (Å²) >= 11 is 0. The summed E-state index contributed by atoms with van der Waals surface area (Å²) in [7, 11) is 0. The molecular formula is C17H15FN2O4. The highest BCUT2D eigenvalue weighted by atomic mass is 19.1. The number of carboxylic acid groups (broad SMARTS) is 1. The van der Waals surface area contributed by atoms with Gasteiger partial charge in [0.1, 0.15) is 11.9 Å². The number of hydrogen-bond acceptors (Lipinski definition) is 3. The molecule has 0 aromatic heterocycles. The number of hydrogen-bond donors (Lipinski definition) is 3. The van der Waals surface area contributed by atoms with E-state index in [2.05, 4.69) is 5.32 Å². The minimum Gasteiger partial charge on any atom is -0.478 e. The van der Waals surface area contributed by atoms with Crippen molar-refractivity contribution in [1.82, 2.24) is 5.32 Å². The lowest BCUT2D eigenvalue weighted by Gasteiger charge is -2.16. The SMILES string of the molecule is NC(=O)[C@@H](Cc1ccc(C(=O)O)cc1)NC(=O)c1cccc(F)c1. The first-order chi connectivity index (χ1) is 11.4. The van der Waals surface area contributed by atoms with E-state index in [0.29, 0.717) is 5.56 Å². The molecule has 1 atom stereocenters. The zero-order valence-corrected chi connectivity index (χ0v) is 12.5. The maximum atomic E-state index is 13.2. The number of benzene rings is 2. The van der Waals surface area contributed by atoms with Gasteiger partial charge in [0.05, 0.1) is 5.56 Å². The lowest BCUT2D eigenvalue weighted by molar-refractivity contribution is -0.119. The van der Waals surface area contributed by atoms with Gasteiger partial charge < -0.3 is 16.2 Å². The van der Waals surface area contributed by atoms with Crippen molar-refractivity contribution in [2.45, 2.75) is 12.5 Å². The highest BCUT2D eigenvalue weighted by Gasteiger charge is 2.20. The van der Waals surface area contributed by atoms with Gasteiger partial charge in [0.2, 0.25) is 5.91 Å². The summed E-state index contributed by atoms with van der Waals surface area (Å²) < 4.78 is 13.2. The van der Waals surface area contributed by atoms with E-state index in [4.69, 9.17) is 10.8 Å². The third-order valence-electron chi connectivity index (χ3n) is 3.38. The van der Waals surface area contributed by atoms with Crippen LogP contribution in [0.15, 0.2) is 48.5 Å². The number of carboxylic acids is 1. The molecule has 2 aromatic rings. The molecule has 24 heavy (non-hydrogen) atoms.